The van der Waals surface area contributed by atoms with Crippen LogP contribution in [0.3, 0.4) is 0 Å². The van der Waals surface area contributed by atoms with Gasteiger partial charge in [0.05, 0.1) is 0 Å². The van der Waals surface area contributed by atoms with Crippen LogP contribution in [0.25, 0.3) is 10.9 Å². The minimum atomic E-state index is -0.285. The Balaban J connectivity index is 1.62. The number of H-pyrrole nitrogens is 1. The fourth-order valence-corrected chi connectivity index (χ4v) is 2.71. The number of anilines is 1. The van der Waals surface area contributed by atoms with Crippen LogP contribution >= 0.6 is 0 Å². The van der Waals surface area contributed by atoms with Gasteiger partial charge in [0.15, 0.2) is 0 Å². The summed E-state index contributed by atoms with van der Waals surface area (Å²) < 4.78 is 13.4. The van der Waals surface area contributed by atoms with E-state index in [0.717, 1.165) is 16.5 Å². The van der Waals surface area contributed by atoms with Crippen LogP contribution in [0.4, 0.5) is 10.1 Å². The van der Waals surface area contributed by atoms with Crippen molar-refractivity contribution in [2.24, 2.45) is 0 Å². The molecular formula is C19H18FN3O2. The van der Waals surface area contributed by atoms with E-state index in [1.54, 1.807) is 30.3 Å². The molecule has 0 saturated heterocycles. The molecule has 0 aliphatic heterocycles. The maximum absolute atomic E-state index is 13.4. The van der Waals surface area contributed by atoms with Crippen LogP contribution in [0.5, 0.6) is 0 Å². The van der Waals surface area contributed by atoms with Gasteiger partial charge in [-0.25, -0.2) is 4.39 Å². The molecule has 1 heterocycles. The average molecular weight is 339 g/mol. The third-order valence-corrected chi connectivity index (χ3v) is 3.85. The van der Waals surface area contributed by atoms with Gasteiger partial charge in [-0.3, -0.25) is 9.59 Å². The average Bonchev–Trinajstić information content (AvgIpc) is 2.97. The molecule has 0 bridgehead atoms. The Morgan fingerprint density at radius 3 is 2.80 bits per heavy atom. The molecule has 3 rings (SSSR count). The summed E-state index contributed by atoms with van der Waals surface area (Å²) in [6, 6.07) is 11.3. The van der Waals surface area contributed by atoms with Crippen LogP contribution in [-0.2, 0) is 11.2 Å². The Morgan fingerprint density at radius 2 is 2.00 bits per heavy atom. The van der Waals surface area contributed by atoms with Crippen LogP contribution in [-0.4, -0.2) is 23.3 Å². The van der Waals surface area contributed by atoms with Gasteiger partial charge in [-0.15, -0.1) is 0 Å². The molecular weight excluding hydrogens is 321 g/mol. The first-order valence-corrected chi connectivity index (χ1v) is 7.94. The van der Waals surface area contributed by atoms with Crippen molar-refractivity contribution < 1.29 is 14.0 Å². The number of carbonyl (C=O) groups excluding carboxylic acids is 2. The standard InChI is InChI=1S/C19H18FN3O2/c1-12(24)23-16-4-2-3-13(9-16)19(25)21-8-7-14-11-22-18-6-5-15(20)10-17(14)18/h2-6,9-11,22H,7-8H2,1H3,(H,21,25)(H,23,24). The molecule has 0 unspecified atom stereocenters. The molecule has 2 aromatic carbocycles. The molecule has 0 radical (unpaired) electrons. The first-order chi connectivity index (χ1) is 12.0. The third kappa shape index (κ3) is 4.03. The number of nitrogens with one attached hydrogen (secondary N) is 3. The number of hydrogen-bond donors (Lipinski definition) is 3. The third-order valence-electron chi connectivity index (χ3n) is 3.85. The molecule has 0 spiro atoms. The van der Waals surface area contributed by atoms with Gasteiger partial charge in [0.25, 0.3) is 5.91 Å². The Hall–Kier alpha value is -3.15. The van der Waals surface area contributed by atoms with Crippen molar-refractivity contribution in [1.29, 1.82) is 0 Å². The van der Waals surface area contributed by atoms with Crippen LogP contribution < -0.4 is 10.6 Å². The molecule has 0 aliphatic carbocycles. The minimum absolute atomic E-state index is 0.191. The van der Waals surface area contributed by atoms with Crippen LogP contribution in [0.1, 0.15) is 22.8 Å². The highest BCUT2D eigenvalue weighted by atomic mass is 19.1. The van der Waals surface area contributed by atoms with Crippen molar-refractivity contribution in [3.05, 3.63) is 65.6 Å². The van der Waals surface area contributed by atoms with Gasteiger partial charge in [-0.05, 0) is 48.4 Å². The van der Waals surface area contributed by atoms with E-state index >= 15 is 0 Å². The second kappa shape index (κ2) is 7.17. The van der Waals surface area contributed by atoms with Gasteiger partial charge in [0.1, 0.15) is 5.82 Å². The fourth-order valence-electron chi connectivity index (χ4n) is 2.71. The van der Waals surface area contributed by atoms with E-state index in [-0.39, 0.29) is 17.6 Å². The molecule has 0 fully saturated rings. The minimum Gasteiger partial charge on any atom is -0.361 e. The zero-order chi connectivity index (χ0) is 17.8. The highest BCUT2D eigenvalue weighted by Gasteiger charge is 2.08. The summed E-state index contributed by atoms with van der Waals surface area (Å²) in [7, 11) is 0. The second-order valence-electron chi connectivity index (χ2n) is 5.77. The Bertz CT molecular complexity index is 933. The van der Waals surface area contributed by atoms with Crippen LogP contribution in [0.2, 0.25) is 0 Å². The predicted octanol–water partition coefficient (Wildman–Crippen LogP) is 3.24. The highest BCUT2D eigenvalue weighted by Crippen LogP contribution is 2.19. The van der Waals surface area contributed by atoms with Gasteiger partial charge < -0.3 is 15.6 Å². The predicted molar refractivity (Wildman–Crippen MR) is 95.0 cm³/mol. The molecule has 0 saturated carbocycles. The normalized spacial score (nSPS) is 10.6. The smallest absolute Gasteiger partial charge is 0.251 e. The van der Waals surface area contributed by atoms with Crippen molar-refractivity contribution >= 4 is 28.4 Å². The lowest BCUT2D eigenvalue weighted by atomic mass is 10.1. The molecule has 3 N–H and O–H groups in total. The Morgan fingerprint density at radius 1 is 1.16 bits per heavy atom. The SMILES string of the molecule is CC(=O)Nc1cccc(C(=O)NCCc2c[nH]c3ccc(F)cc23)c1. The van der Waals surface area contributed by atoms with E-state index in [2.05, 4.69) is 15.6 Å². The molecule has 2 amide bonds. The number of amides is 2. The van der Waals surface area contributed by atoms with E-state index in [1.807, 2.05) is 6.20 Å². The van der Waals surface area contributed by atoms with Gasteiger partial charge in [-0.2, -0.15) is 0 Å². The van der Waals surface area contributed by atoms with E-state index in [0.29, 0.717) is 24.2 Å². The highest BCUT2D eigenvalue weighted by molar-refractivity contribution is 5.96. The summed E-state index contributed by atoms with van der Waals surface area (Å²) in [5.74, 6) is -0.700. The summed E-state index contributed by atoms with van der Waals surface area (Å²) in [5, 5.41) is 6.30. The lowest BCUT2D eigenvalue weighted by molar-refractivity contribution is -0.114. The van der Waals surface area contributed by atoms with Crippen LogP contribution in [0.15, 0.2) is 48.7 Å². The zero-order valence-corrected chi connectivity index (χ0v) is 13.7. The second-order valence-corrected chi connectivity index (χ2v) is 5.77. The number of hydrogen-bond acceptors (Lipinski definition) is 2. The molecule has 0 atom stereocenters. The summed E-state index contributed by atoms with van der Waals surface area (Å²) in [6.45, 7) is 1.84. The molecule has 5 nitrogen and oxygen atoms in total. The summed E-state index contributed by atoms with van der Waals surface area (Å²) >= 11 is 0. The Labute approximate surface area is 144 Å². The van der Waals surface area contributed by atoms with Gasteiger partial charge in [0, 0.05) is 41.8 Å². The quantitative estimate of drug-likeness (QED) is 0.668. The monoisotopic (exact) mass is 339 g/mol. The lowest BCUT2D eigenvalue weighted by Crippen LogP contribution is -2.25. The molecule has 0 aliphatic rings. The van der Waals surface area contributed by atoms with E-state index in [9.17, 15) is 14.0 Å². The largest absolute Gasteiger partial charge is 0.361 e. The van der Waals surface area contributed by atoms with Crippen molar-refractivity contribution in [1.82, 2.24) is 10.3 Å². The summed E-state index contributed by atoms with van der Waals surface area (Å²) in [4.78, 5) is 26.4. The molecule has 25 heavy (non-hydrogen) atoms. The number of aromatic nitrogens is 1. The van der Waals surface area contributed by atoms with Crippen LogP contribution in [0, 0.1) is 5.82 Å². The molecule has 3 aromatic rings. The maximum Gasteiger partial charge on any atom is 0.251 e. The van der Waals surface area contributed by atoms with E-state index in [4.69, 9.17) is 0 Å². The number of fused-ring (bicyclic) bond motifs is 1. The topological polar surface area (TPSA) is 74.0 Å². The number of benzene rings is 2. The maximum atomic E-state index is 13.4. The van der Waals surface area contributed by atoms with Crippen molar-refractivity contribution in [2.75, 3.05) is 11.9 Å². The van der Waals surface area contributed by atoms with Gasteiger partial charge in [-0.1, -0.05) is 6.07 Å². The molecule has 6 heteroatoms. The number of halogens is 1. The zero-order valence-electron chi connectivity index (χ0n) is 13.7. The summed E-state index contributed by atoms with van der Waals surface area (Å²) in [5.41, 5.74) is 2.86. The number of carbonyl (C=O) groups is 2. The molecule has 128 valence electrons. The number of rotatable bonds is 5. The first kappa shape index (κ1) is 16.7. The summed E-state index contributed by atoms with van der Waals surface area (Å²) in [6.07, 6.45) is 2.41. The molecule has 1 aromatic heterocycles. The van der Waals surface area contributed by atoms with E-state index < -0.39 is 0 Å². The van der Waals surface area contributed by atoms with Crippen molar-refractivity contribution in [2.45, 2.75) is 13.3 Å². The van der Waals surface area contributed by atoms with Crippen molar-refractivity contribution in [3.8, 4) is 0 Å². The number of aromatic amines is 1. The van der Waals surface area contributed by atoms with Gasteiger partial charge in [0.2, 0.25) is 5.91 Å². The Kier molecular flexibility index (Phi) is 4.79. The van der Waals surface area contributed by atoms with E-state index in [1.165, 1.54) is 19.1 Å². The first-order valence-electron chi connectivity index (χ1n) is 7.94. The fraction of sp³-hybridized carbons (Fsp3) is 0.158. The van der Waals surface area contributed by atoms with Gasteiger partial charge >= 0.3 is 0 Å². The van der Waals surface area contributed by atoms with Crippen molar-refractivity contribution in [3.63, 3.8) is 0 Å². The lowest BCUT2D eigenvalue weighted by Gasteiger charge is -2.07.